The number of esters is 2. The van der Waals surface area contributed by atoms with Crippen molar-refractivity contribution in [3.05, 3.63) is 12.2 Å². The fraction of sp³-hybridized carbons (Fsp3) is 0.765. The fourth-order valence-corrected chi connectivity index (χ4v) is 2.08. The molecule has 0 N–H and O–H groups in total. The van der Waals surface area contributed by atoms with E-state index in [9.17, 15) is 9.59 Å². The predicted molar refractivity (Wildman–Crippen MR) is 87.0 cm³/mol. The lowest BCUT2D eigenvalue weighted by molar-refractivity contribution is -0.140. The minimum absolute atomic E-state index is 0.351. The van der Waals surface area contributed by atoms with Gasteiger partial charge >= 0.3 is 11.9 Å². The largest absolute Gasteiger partial charge is 0.463 e. The van der Waals surface area contributed by atoms with E-state index in [-0.39, 0.29) is 0 Å². The van der Waals surface area contributed by atoms with E-state index in [1.54, 1.807) is 0 Å². The van der Waals surface area contributed by atoms with Crippen molar-refractivity contribution in [3.8, 4) is 0 Å². The third-order valence-electron chi connectivity index (χ3n) is 3.87. The Labute approximate surface area is 138 Å². The second kappa shape index (κ2) is 12.1. The second-order valence-electron chi connectivity index (χ2n) is 5.78. The summed E-state index contributed by atoms with van der Waals surface area (Å²) in [6.07, 6.45) is 4.92. The molecule has 1 atom stereocenters. The number of carbonyl (C=O) groups is 2. The summed E-state index contributed by atoms with van der Waals surface area (Å²) in [4.78, 5) is 25.2. The Bertz CT molecular complexity index is 377. The van der Waals surface area contributed by atoms with E-state index < -0.39 is 11.9 Å². The Hall–Kier alpha value is -1.40. The molecule has 1 unspecified atom stereocenters. The summed E-state index contributed by atoms with van der Waals surface area (Å²) in [6.45, 7) is 9.21. The molecule has 1 rings (SSSR count). The molecule has 1 saturated heterocycles. The van der Waals surface area contributed by atoms with Gasteiger partial charge in [-0.1, -0.05) is 20.3 Å². The summed E-state index contributed by atoms with van der Waals surface area (Å²) >= 11 is 0. The van der Waals surface area contributed by atoms with Gasteiger partial charge in [-0.3, -0.25) is 4.90 Å². The summed E-state index contributed by atoms with van der Waals surface area (Å²) < 4.78 is 15.3. The molecule has 0 aromatic carbocycles. The SMILES string of the molecule is CCC(C)CCOC(=O)/C=C/C(=O)OCCCN1CCOCC1. The van der Waals surface area contributed by atoms with Gasteiger partial charge in [-0.15, -0.1) is 0 Å². The first-order valence-corrected chi connectivity index (χ1v) is 8.43. The van der Waals surface area contributed by atoms with Gasteiger partial charge < -0.3 is 14.2 Å². The Balaban J connectivity index is 2.04. The molecule has 1 heterocycles. The van der Waals surface area contributed by atoms with Crippen LogP contribution in [0.15, 0.2) is 12.2 Å². The van der Waals surface area contributed by atoms with Crippen LogP contribution in [0.5, 0.6) is 0 Å². The molecule has 6 nitrogen and oxygen atoms in total. The topological polar surface area (TPSA) is 65.1 Å². The van der Waals surface area contributed by atoms with Crippen LogP contribution < -0.4 is 0 Å². The maximum Gasteiger partial charge on any atom is 0.331 e. The van der Waals surface area contributed by atoms with Gasteiger partial charge in [0.1, 0.15) is 0 Å². The monoisotopic (exact) mass is 327 g/mol. The van der Waals surface area contributed by atoms with Crippen molar-refractivity contribution in [1.29, 1.82) is 0 Å². The number of carbonyl (C=O) groups excluding carboxylic acids is 2. The molecule has 132 valence electrons. The quantitative estimate of drug-likeness (QED) is 0.346. The highest BCUT2D eigenvalue weighted by atomic mass is 16.5. The molecule has 6 heteroatoms. The fourth-order valence-electron chi connectivity index (χ4n) is 2.08. The van der Waals surface area contributed by atoms with Gasteiger partial charge in [-0.05, 0) is 18.8 Å². The Morgan fingerprint density at radius 3 is 2.35 bits per heavy atom. The second-order valence-corrected chi connectivity index (χ2v) is 5.78. The van der Waals surface area contributed by atoms with Gasteiger partial charge in [-0.2, -0.15) is 0 Å². The van der Waals surface area contributed by atoms with Gasteiger partial charge in [-0.25, -0.2) is 9.59 Å². The summed E-state index contributed by atoms with van der Waals surface area (Å²) in [7, 11) is 0. The van der Waals surface area contributed by atoms with E-state index in [2.05, 4.69) is 18.7 Å². The summed E-state index contributed by atoms with van der Waals surface area (Å²) in [5, 5.41) is 0. The Morgan fingerprint density at radius 1 is 1.13 bits per heavy atom. The van der Waals surface area contributed by atoms with Crippen LogP contribution >= 0.6 is 0 Å². The highest BCUT2D eigenvalue weighted by Gasteiger charge is 2.09. The van der Waals surface area contributed by atoms with E-state index >= 15 is 0 Å². The van der Waals surface area contributed by atoms with Crippen LogP contribution in [0.3, 0.4) is 0 Å². The average Bonchev–Trinajstić information content (AvgIpc) is 2.57. The highest BCUT2D eigenvalue weighted by Crippen LogP contribution is 2.06. The van der Waals surface area contributed by atoms with Gasteiger partial charge in [0.25, 0.3) is 0 Å². The smallest absolute Gasteiger partial charge is 0.331 e. The normalized spacial score (nSPS) is 17.1. The molecule has 0 amide bonds. The molecule has 0 aromatic heterocycles. The average molecular weight is 327 g/mol. The zero-order valence-electron chi connectivity index (χ0n) is 14.3. The van der Waals surface area contributed by atoms with Crippen molar-refractivity contribution in [3.63, 3.8) is 0 Å². The lowest BCUT2D eigenvalue weighted by atomic mass is 10.1. The van der Waals surface area contributed by atoms with Crippen LogP contribution in [0.1, 0.15) is 33.1 Å². The van der Waals surface area contributed by atoms with Gasteiger partial charge in [0.2, 0.25) is 0 Å². The summed E-state index contributed by atoms with van der Waals surface area (Å²) in [6, 6.07) is 0. The van der Waals surface area contributed by atoms with E-state index in [0.29, 0.717) is 19.1 Å². The van der Waals surface area contributed by atoms with Crippen molar-refractivity contribution in [2.75, 3.05) is 46.1 Å². The number of nitrogens with zero attached hydrogens (tertiary/aromatic N) is 1. The molecule has 0 radical (unpaired) electrons. The Kier molecular flexibility index (Phi) is 10.3. The first-order valence-electron chi connectivity index (χ1n) is 8.43. The van der Waals surface area contributed by atoms with Crippen LogP contribution in [0.4, 0.5) is 0 Å². The predicted octanol–water partition coefficient (Wildman–Crippen LogP) is 1.79. The third kappa shape index (κ3) is 10.1. The minimum atomic E-state index is -0.508. The molecule has 1 fully saturated rings. The zero-order chi connectivity index (χ0) is 16.9. The standard InChI is InChI=1S/C17H29NO5/c1-3-15(2)7-12-23-17(20)6-5-16(19)22-11-4-8-18-9-13-21-14-10-18/h5-6,15H,3-4,7-14H2,1-2H3/b6-5+. The molecule has 0 aliphatic carbocycles. The third-order valence-corrected chi connectivity index (χ3v) is 3.87. The number of hydrogen-bond donors (Lipinski definition) is 0. The maximum absolute atomic E-state index is 11.5. The van der Waals surface area contributed by atoms with Crippen molar-refractivity contribution in [1.82, 2.24) is 4.90 Å². The van der Waals surface area contributed by atoms with E-state index in [0.717, 1.165) is 64.3 Å². The molecule has 23 heavy (non-hydrogen) atoms. The molecule has 0 spiro atoms. The van der Waals surface area contributed by atoms with Crippen LogP contribution in [0, 0.1) is 5.92 Å². The summed E-state index contributed by atoms with van der Waals surface area (Å²) in [5.74, 6) is -0.479. The van der Waals surface area contributed by atoms with Crippen LogP contribution in [0.25, 0.3) is 0 Å². The van der Waals surface area contributed by atoms with Crippen LogP contribution in [-0.2, 0) is 23.8 Å². The van der Waals surface area contributed by atoms with Crippen LogP contribution in [0.2, 0.25) is 0 Å². The lowest BCUT2D eigenvalue weighted by Gasteiger charge is -2.26. The zero-order valence-corrected chi connectivity index (χ0v) is 14.3. The number of hydrogen-bond acceptors (Lipinski definition) is 6. The number of ether oxygens (including phenoxy) is 3. The number of rotatable bonds is 10. The maximum atomic E-state index is 11.5. The molecular formula is C17H29NO5. The van der Waals surface area contributed by atoms with E-state index in [1.807, 2.05) is 0 Å². The van der Waals surface area contributed by atoms with Crippen molar-refractivity contribution in [2.45, 2.75) is 33.1 Å². The molecule has 0 bridgehead atoms. The highest BCUT2D eigenvalue weighted by molar-refractivity contribution is 5.91. The summed E-state index contributed by atoms with van der Waals surface area (Å²) in [5.41, 5.74) is 0. The molecular weight excluding hydrogens is 298 g/mol. The molecule has 1 aliphatic rings. The van der Waals surface area contributed by atoms with Crippen molar-refractivity contribution in [2.24, 2.45) is 5.92 Å². The van der Waals surface area contributed by atoms with Gasteiger partial charge in [0.05, 0.1) is 26.4 Å². The molecule has 1 aliphatic heterocycles. The molecule has 0 saturated carbocycles. The van der Waals surface area contributed by atoms with Gasteiger partial charge in [0, 0.05) is 31.8 Å². The first kappa shape index (κ1) is 19.6. The van der Waals surface area contributed by atoms with Gasteiger partial charge in [0.15, 0.2) is 0 Å². The minimum Gasteiger partial charge on any atom is -0.463 e. The number of morpholine rings is 1. The first-order chi connectivity index (χ1) is 11.1. The van der Waals surface area contributed by atoms with Crippen molar-refractivity contribution >= 4 is 11.9 Å². The lowest BCUT2D eigenvalue weighted by Crippen LogP contribution is -2.37. The Morgan fingerprint density at radius 2 is 1.74 bits per heavy atom. The van der Waals surface area contributed by atoms with Crippen LogP contribution in [-0.4, -0.2) is 62.9 Å². The molecule has 0 aromatic rings. The van der Waals surface area contributed by atoms with Crippen molar-refractivity contribution < 1.29 is 23.8 Å². The van der Waals surface area contributed by atoms with E-state index in [1.165, 1.54) is 0 Å². The van der Waals surface area contributed by atoms with E-state index in [4.69, 9.17) is 14.2 Å².